The molecule has 0 bridgehead atoms. The molecule has 0 amide bonds. The average Bonchev–Trinajstić information content (AvgIpc) is 2.96. The SMILES string of the molecule is CCC1=C(OC)CC2=C(C1)[C@H]1CC[C@]3(C)C(CO)CC[C@H]3[C@@H]1CC2. The van der Waals surface area contributed by atoms with Gasteiger partial charge in [-0.2, -0.15) is 0 Å². The molecule has 0 saturated heterocycles. The van der Waals surface area contributed by atoms with Crippen molar-refractivity contribution in [3.63, 3.8) is 0 Å². The smallest absolute Gasteiger partial charge is 0.0990 e. The zero-order valence-electron chi connectivity index (χ0n) is 15.7. The molecule has 0 aromatic carbocycles. The van der Waals surface area contributed by atoms with Crippen molar-refractivity contribution in [2.75, 3.05) is 13.7 Å². The molecule has 2 fully saturated rings. The van der Waals surface area contributed by atoms with Crippen molar-refractivity contribution < 1.29 is 9.84 Å². The van der Waals surface area contributed by atoms with Crippen LogP contribution >= 0.6 is 0 Å². The molecule has 2 heteroatoms. The summed E-state index contributed by atoms with van der Waals surface area (Å²) in [4.78, 5) is 0. The lowest BCUT2D eigenvalue weighted by Gasteiger charge is -2.52. The zero-order chi connectivity index (χ0) is 16.9. The normalized spacial score (nSPS) is 41.8. The second kappa shape index (κ2) is 6.20. The molecule has 134 valence electrons. The van der Waals surface area contributed by atoms with Crippen LogP contribution in [0.15, 0.2) is 22.5 Å². The Hall–Kier alpha value is -0.760. The molecule has 5 atom stereocenters. The fraction of sp³-hybridized carbons (Fsp3) is 0.818. The van der Waals surface area contributed by atoms with E-state index in [-0.39, 0.29) is 0 Å². The molecule has 0 heterocycles. The van der Waals surface area contributed by atoms with Gasteiger partial charge in [0.15, 0.2) is 0 Å². The maximum atomic E-state index is 9.85. The van der Waals surface area contributed by atoms with Gasteiger partial charge in [-0.1, -0.05) is 25.0 Å². The first-order valence-corrected chi connectivity index (χ1v) is 10.2. The van der Waals surface area contributed by atoms with Gasteiger partial charge in [-0.3, -0.25) is 0 Å². The van der Waals surface area contributed by atoms with Crippen molar-refractivity contribution >= 4 is 0 Å². The minimum atomic E-state index is 0.401. The monoisotopic (exact) mass is 330 g/mol. The first-order chi connectivity index (χ1) is 11.6. The lowest BCUT2D eigenvalue weighted by atomic mass is 9.53. The summed E-state index contributed by atoms with van der Waals surface area (Å²) in [5.74, 6) is 4.36. The summed E-state index contributed by atoms with van der Waals surface area (Å²) >= 11 is 0. The molecule has 2 nitrogen and oxygen atoms in total. The molecule has 1 N–H and O–H groups in total. The van der Waals surface area contributed by atoms with Gasteiger partial charge in [0.05, 0.1) is 12.9 Å². The van der Waals surface area contributed by atoms with Crippen LogP contribution in [-0.2, 0) is 4.74 Å². The Bertz CT molecular complexity index is 573. The highest BCUT2D eigenvalue weighted by atomic mass is 16.5. The van der Waals surface area contributed by atoms with Gasteiger partial charge in [-0.05, 0) is 86.0 Å². The number of fused-ring (bicyclic) bond motifs is 4. The zero-order valence-corrected chi connectivity index (χ0v) is 15.7. The van der Waals surface area contributed by atoms with Gasteiger partial charge in [0.2, 0.25) is 0 Å². The summed E-state index contributed by atoms with van der Waals surface area (Å²) in [6.07, 6.45) is 11.3. The summed E-state index contributed by atoms with van der Waals surface area (Å²) in [6, 6.07) is 0. The van der Waals surface area contributed by atoms with E-state index in [4.69, 9.17) is 4.74 Å². The van der Waals surface area contributed by atoms with Gasteiger partial charge in [-0.25, -0.2) is 0 Å². The molecule has 24 heavy (non-hydrogen) atoms. The topological polar surface area (TPSA) is 29.5 Å². The van der Waals surface area contributed by atoms with Gasteiger partial charge in [0.25, 0.3) is 0 Å². The number of methoxy groups -OCH3 is 1. The van der Waals surface area contributed by atoms with E-state index >= 15 is 0 Å². The third kappa shape index (κ3) is 2.32. The fourth-order valence-corrected chi connectivity index (χ4v) is 6.94. The highest BCUT2D eigenvalue weighted by Gasteiger charge is 2.54. The van der Waals surface area contributed by atoms with Crippen LogP contribution in [0.5, 0.6) is 0 Å². The molecule has 0 aliphatic heterocycles. The van der Waals surface area contributed by atoms with Crippen molar-refractivity contribution in [3.8, 4) is 0 Å². The molecule has 0 aromatic rings. The number of hydrogen-bond acceptors (Lipinski definition) is 2. The molecule has 1 unspecified atom stereocenters. The van der Waals surface area contributed by atoms with E-state index in [1.807, 2.05) is 7.11 Å². The summed E-state index contributed by atoms with van der Waals surface area (Å²) in [5, 5.41) is 9.85. The van der Waals surface area contributed by atoms with Gasteiger partial charge >= 0.3 is 0 Å². The standard InChI is InChI=1S/C22H34O2/c1-4-14-11-19-15(12-21(14)24-3)5-7-18-17(19)9-10-22(2)16(13-23)6-8-20(18)22/h16-18,20,23H,4-13H2,1-3H3/t16?,17-,18+,20-,22+/m0/s1. The highest BCUT2D eigenvalue weighted by molar-refractivity contribution is 5.36. The van der Waals surface area contributed by atoms with Gasteiger partial charge in [-0.15, -0.1) is 0 Å². The molecule has 0 aromatic heterocycles. The molecular weight excluding hydrogens is 296 g/mol. The number of rotatable bonds is 3. The van der Waals surface area contributed by atoms with Crippen LogP contribution in [0.3, 0.4) is 0 Å². The summed E-state index contributed by atoms with van der Waals surface area (Å²) in [6.45, 7) is 5.17. The number of allylic oxidation sites excluding steroid dienone is 3. The van der Waals surface area contributed by atoms with E-state index in [9.17, 15) is 5.11 Å². The van der Waals surface area contributed by atoms with Crippen LogP contribution in [0.2, 0.25) is 0 Å². The predicted octanol–water partition coefficient (Wildman–Crippen LogP) is 5.23. The molecule has 4 aliphatic rings. The molecule has 4 rings (SSSR count). The van der Waals surface area contributed by atoms with Gasteiger partial charge in [0, 0.05) is 13.0 Å². The Balaban J connectivity index is 1.60. The fourth-order valence-electron chi connectivity index (χ4n) is 6.94. The van der Waals surface area contributed by atoms with Crippen LogP contribution in [0.1, 0.15) is 71.6 Å². The quantitative estimate of drug-likeness (QED) is 0.718. The van der Waals surface area contributed by atoms with Crippen molar-refractivity contribution in [2.24, 2.45) is 29.1 Å². The first-order valence-electron chi connectivity index (χ1n) is 10.2. The third-order valence-corrected chi connectivity index (χ3v) is 8.38. The predicted molar refractivity (Wildman–Crippen MR) is 97.4 cm³/mol. The van der Waals surface area contributed by atoms with Gasteiger partial charge in [0.1, 0.15) is 0 Å². The molecule has 0 spiro atoms. The van der Waals surface area contributed by atoms with Crippen molar-refractivity contribution in [3.05, 3.63) is 22.5 Å². The number of aliphatic hydroxyl groups excluding tert-OH is 1. The van der Waals surface area contributed by atoms with E-state index in [1.54, 1.807) is 16.7 Å². The molecular formula is C22H34O2. The lowest BCUT2D eigenvalue weighted by molar-refractivity contribution is -0.00229. The highest BCUT2D eigenvalue weighted by Crippen LogP contribution is 2.63. The van der Waals surface area contributed by atoms with Crippen LogP contribution < -0.4 is 0 Å². The van der Waals surface area contributed by atoms with E-state index < -0.39 is 0 Å². The Labute approximate surface area is 147 Å². The van der Waals surface area contributed by atoms with Crippen molar-refractivity contribution in [2.45, 2.75) is 71.6 Å². The molecule has 2 saturated carbocycles. The minimum absolute atomic E-state index is 0.401. The second-order valence-corrected chi connectivity index (χ2v) is 8.98. The van der Waals surface area contributed by atoms with Crippen molar-refractivity contribution in [1.29, 1.82) is 0 Å². The Morgan fingerprint density at radius 1 is 1.17 bits per heavy atom. The number of hydrogen-bond donors (Lipinski definition) is 1. The van der Waals surface area contributed by atoms with E-state index in [1.165, 1.54) is 50.7 Å². The van der Waals surface area contributed by atoms with E-state index in [0.29, 0.717) is 17.9 Å². The summed E-state index contributed by atoms with van der Waals surface area (Å²) < 4.78 is 5.71. The lowest BCUT2D eigenvalue weighted by Crippen LogP contribution is -2.44. The van der Waals surface area contributed by atoms with Crippen LogP contribution in [0.4, 0.5) is 0 Å². The Morgan fingerprint density at radius 2 is 2.00 bits per heavy atom. The second-order valence-electron chi connectivity index (χ2n) is 8.98. The summed E-state index contributed by atoms with van der Waals surface area (Å²) in [5.41, 5.74) is 5.47. The van der Waals surface area contributed by atoms with E-state index in [0.717, 1.165) is 30.6 Å². The maximum Gasteiger partial charge on any atom is 0.0990 e. The van der Waals surface area contributed by atoms with Gasteiger partial charge < -0.3 is 9.84 Å². The summed E-state index contributed by atoms with van der Waals surface area (Å²) in [7, 11) is 1.85. The Morgan fingerprint density at radius 3 is 2.71 bits per heavy atom. The first kappa shape index (κ1) is 16.7. The number of aliphatic hydroxyl groups is 1. The van der Waals surface area contributed by atoms with Crippen LogP contribution in [-0.4, -0.2) is 18.8 Å². The molecule has 4 aliphatic carbocycles. The largest absolute Gasteiger partial charge is 0.501 e. The Kier molecular flexibility index (Phi) is 4.31. The maximum absolute atomic E-state index is 9.85. The van der Waals surface area contributed by atoms with Crippen molar-refractivity contribution in [1.82, 2.24) is 0 Å². The van der Waals surface area contributed by atoms with Crippen LogP contribution in [0, 0.1) is 29.1 Å². The minimum Gasteiger partial charge on any atom is -0.501 e. The molecule has 0 radical (unpaired) electrons. The number of ether oxygens (including phenoxy) is 1. The van der Waals surface area contributed by atoms with Crippen LogP contribution in [0.25, 0.3) is 0 Å². The average molecular weight is 331 g/mol. The third-order valence-electron chi connectivity index (χ3n) is 8.38. The van der Waals surface area contributed by atoms with E-state index in [2.05, 4.69) is 13.8 Å².